The highest BCUT2D eigenvalue weighted by molar-refractivity contribution is 6.42. The van der Waals surface area contributed by atoms with Crippen molar-refractivity contribution >= 4 is 64.0 Å². The fraction of sp³-hybridized carbons (Fsp3) is 0.250. The Labute approximate surface area is 210 Å². The lowest BCUT2D eigenvalue weighted by molar-refractivity contribution is 0.415. The highest BCUT2D eigenvalue weighted by atomic mass is 35.5. The van der Waals surface area contributed by atoms with Crippen LogP contribution in [0, 0.1) is 0 Å². The van der Waals surface area contributed by atoms with Crippen LogP contribution in [0.1, 0.15) is 6.42 Å². The van der Waals surface area contributed by atoms with Crippen molar-refractivity contribution in [1.29, 1.82) is 0 Å². The van der Waals surface area contributed by atoms with Gasteiger partial charge in [0.2, 0.25) is 0 Å². The molecule has 176 valence electrons. The number of methoxy groups -OCH3 is 1. The zero-order chi connectivity index (χ0) is 22.7. The molecule has 4 rings (SSSR count). The second-order valence-corrected chi connectivity index (χ2v) is 8.85. The van der Waals surface area contributed by atoms with Crippen molar-refractivity contribution in [2.75, 3.05) is 35.7 Å². The van der Waals surface area contributed by atoms with E-state index in [1.807, 2.05) is 36.4 Å². The summed E-state index contributed by atoms with van der Waals surface area (Å²) < 4.78 is 5.25. The number of nitrogens with two attached hydrogens (primary N) is 2. The number of nitrogens with zero attached hydrogens (tertiary/aromatic N) is 1. The molecule has 0 amide bonds. The average Bonchev–Trinajstić information content (AvgIpc) is 2.76. The van der Waals surface area contributed by atoms with Gasteiger partial charge in [-0.3, -0.25) is 0 Å². The number of halogens is 3. The van der Waals surface area contributed by atoms with Crippen molar-refractivity contribution in [2.24, 2.45) is 11.5 Å². The maximum Gasteiger partial charge on any atom is 0.119 e. The van der Waals surface area contributed by atoms with Crippen molar-refractivity contribution in [3.63, 3.8) is 0 Å². The first-order valence-corrected chi connectivity index (χ1v) is 11.2. The summed E-state index contributed by atoms with van der Waals surface area (Å²) in [5, 5.41) is 7.91. The van der Waals surface area contributed by atoms with Crippen LogP contribution in [-0.4, -0.2) is 32.3 Å². The van der Waals surface area contributed by atoms with Gasteiger partial charge in [-0.15, -0.1) is 12.4 Å². The summed E-state index contributed by atoms with van der Waals surface area (Å²) in [6, 6.07) is 19.6. The summed E-state index contributed by atoms with van der Waals surface area (Å²) in [5.74, 6) is 0.808. The molecule has 1 heterocycles. The molecule has 1 aliphatic rings. The molecule has 0 aliphatic carbocycles. The molecule has 9 heteroatoms. The van der Waals surface area contributed by atoms with Gasteiger partial charge >= 0.3 is 0 Å². The molecule has 0 spiro atoms. The van der Waals surface area contributed by atoms with E-state index in [9.17, 15) is 0 Å². The van der Waals surface area contributed by atoms with E-state index in [0.717, 1.165) is 53.7 Å². The van der Waals surface area contributed by atoms with E-state index in [2.05, 4.69) is 27.7 Å². The molecule has 6 nitrogen and oxygen atoms in total. The average molecular weight is 509 g/mol. The SMILES string of the molecule is COc1ccc(Nc2cc(Nc3ccc(Cl)c(Cl)c3)cc(N3C[C@H](N)C[C@H](N)C3)c2)cc1.Cl. The Morgan fingerprint density at radius 2 is 1.36 bits per heavy atom. The third-order valence-corrected chi connectivity index (χ3v) is 6.12. The summed E-state index contributed by atoms with van der Waals surface area (Å²) in [7, 11) is 1.65. The monoisotopic (exact) mass is 507 g/mol. The highest BCUT2D eigenvalue weighted by Gasteiger charge is 2.23. The first-order valence-electron chi connectivity index (χ1n) is 10.4. The van der Waals surface area contributed by atoms with Gasteiger partial charge < -0.3 is 31.7 Å². The molecule has 33 heavy (non-hydrogen) atoms. The Bertz CT molecular complexity index is 1070. The fourth-order valence-electron chi connectivity index (χ4n) is 3.91. The van der Waals surface area contributed by atoms with Crippen LogP contribution in [0.2, 0.25) is 10.0 Å². The molecule has 6 N–H and O–H groups in total. The number of piperidine rings is 1. The number of anilines is 5. The molecule has 0 aromatic heterocycles. The topological polar surface area (TPSA) is 88.6 Å². The van der Waals surface area contributed by atoms with Gasteiger partial charge in [0.15, 0.2) is 0 Å². The van der Waals surface area contributed by atoms with Gasteiger partial charge in [0.05, 0.1) is 17.2 Å². The van der Waals surface area contributed by atoms with E-state index in [4.69, 9.17) is 39.4 Å². The van der Waals surface area contributed by atoms with Crippen molar-refractivity contribution in [1.82, 2.24) is 0 Å². The van der Waals surface area contributed by atoms with Crippen LogP contribution in [0.25, 0.3) is 0 Å². The van der Waals surface area contributed by atoms with Crippen LogP contribution in [0.15, 0.2) is 60.7 Å². The minimum Gasteiger partial charge on any atom is -0.497 e. The van der Waals surface area contributed by atoms with Gasteiger partial charge in [-0.2, -0.15) is 0 Å². The predicted molar refractivity (Wildman–Crippen MR) is 142 cm³/mol. The van der Waals surface area contributed by atoms with Crippen molar-refractivity contribution in [3.8, 4) is 5.75 Å². The Hall–Kier alpha value is -2.35. The molecular formula is C24H28Cl3N5O. The van der Waals surface area contributed by atoms with E-state index < -0.39 is 0 Å². The lowest BCUT2D eigenvalue weighted by Crippen LogP contribution is -2.52. The van der Waals surface area contributed by atoms with Gasteiger partial charge in [0.25, 0.3) is 0 Å². The van der Waals surface area contributed by atoms with Crippen LogP contribution in [0.3, 0.4) is 0 Å². The van der Waals surface area contributed by atoms with Gasteiger partial charge in [0.1, 0.15) is 5.75 Å². The van der Waals surface area contributed by atoms with E-state index >= 15 is 0 Å². The number of ether oxygens (including phenoxy) is 1. The second kappa shape index (κ2) is 11.2. The molecule has 1 saturated heterocycles. The largest absolute Gasteiger partial charge is 0.497 e. The maximum absolute atomic E-state index is 6.24. The minimum absolute atomic E-state index is 0. The van der Waals surface area contributed by atoms with Crippen molar-refractivity contribution < 1.29 is 4.74 Å². The lowest BCUT2D eigenvalue weighted by atomic mass is 10.0. The molecule has 3 aromatic carbocycles. The summed E-state index contributed by atoms with van der Waals surface area (Å²) in [4.78, 5) is 2.23. The Morgan fingerprint density at radius 3 is 1.94 bits per heavy atom. The molecule has 0 unspecified atom stereocenters. The predicted octanol–water partition coefficient (Wildman–Crippen LogP) is 5.78. The Balaban J connectivity index is 0.00000306. The summed E-state index contributed by atoms with van der Waals surface area (Å²) in [6.45, 7) is 1.51. The standard InChI is InChI=1S/C24H27Cl2N5O.ClH/c1-32-22-5-2-17(3-6-22)29-19-9-20(30-18-4-7-23(25)24(26)12-18)11-21(10-19)31-13-15(27)8-16(28)14-31;/h2-7,9-12,15-16,29-30H,8,13-14,27-28H2,1H3;1H/t15-,16+;. The van der Waals surface area contributed by atoms with Gasteiger partial charge in [-0.25, -0.2) is 0 Å². The van der Waals surface area contributed by atoms with Crippen LogP contribution in [0.4, 0.5) is 28.4 Å². The Morgan fingerprint density at radius 1 is 0.788 bits per heavy atom. The smallest absolute Gasteiger partial charge is 0.119 e. The third-order valence-electron chi connectivity index (χ3n) is 5.39. The molecular weight excluding hydrogens is 481 g/mol. The van der Waals surface area contributed by atoms with Crippen LogP contribution < -0.4 is 31.7 Å². The number of nitrogens with one attached hydrogen (secondary N) is 2. The highest BCUT2D eigenvalue weighted by Crippen LogP contribution is 2.33. The normalized spacial score (nSPS) is 17.8. The summed E-state index contributed by atoms with van der Waals surface area (Å²) in [5.41, 5.74) is 17.2. The van der Waals surface area contributed by atoms with Crippen LogP contribution in [-0.2, 0) is 0 Å². The quantitative estimate of drug-likeness (QED) is 0.338. The first-order chi connectivity index (χ1) is 15.4. The number of rotatable bonds is 6. The molecule has 2 atom stereocenters. The minimum atomic E-state index is 0. The number of benzene rings is 3. The summed E-state index contributed by atoms with van der Waals surface area (Å²) in [6.07, 6.45) is 0.828. The van der Waals surface area contributed by atoms with Gasteiger partial charge in [-0.05, 0) is 67.1 Å². The van der Waals surface area contributed by atoms with Gasteiger partial charge in [-0.1, -0.05) is 23.2 Å². The van der Waals surface area contributed by atoms with Crippen LogP contribution >= 0.6 is 35.6 Å². The molecule has 0 saturated carbocycles. The van der Waals surface area contributed by atoms with E-state index in [1.54, 1.807) is 19.2 Å². The maximum atomic E-state index is 6.24. The number of hydrogen-bond acceptors (Lipinski definition) is 6. The first kappa shape index (κ1) is 25.3. The molecule has 3 aromatic rings. The van der Waals surface area contributed by atoms with E-state index in [0.29, 0.717) is 10.0 Å². The lowest BCUT2D eigenvalue weighted by Gasteiger charge is -2.36. The second-order valence-electron chi connectivity index (χ2n) is 8.04. The molecule has 1 fully saturated rings. The number of hydrogen-bond donors (Lipinski definition) is 4. The fourth-order valence-corrected chi connectivity index (χ4v) is 4.21. The van der Waals surface area contributed by atoms with E-state index in [-0.39, 0.29) is 24.5 Å². The summed E-state index contributed by atoms with van der Waals surface area (Å²) >= 11 is 12.3. The molecule has 0 radical (unpaired) electrons. The molecule has 0 bridgehead atoms. The molecule has 1 aliphatic heterocycles. The van der Waals surface area contributed by atoms with Crippen molar-refractivity contribution in [3.05, 3.63) is 70.7 Å². The van der Waals surface area contributed by atoms with Gasteiger partial charge in [0, 0.05) is 53.6 Å². The Kier molecular flexibility index (Phi) is 8.57. The van der Waals surface area contributed by atoms with Crippen molar-refractivity contribution in [2.45, 2.75) is 18.5 Å². The van der Waals surface area contributed by atoms with E-state index in [1.165, 1.54) is 0 Å². The zero-order valence-electron chi connectivity index (χ0n) is 18.2. The zero-order valence-corrected chi connectivity index (χ0v) is 20.6. The third kappa shape index (κ3) is 6.59. The van der Waals surface area contributed by atoms with Crippen LogP contribution in [0.5, 0.6) is 5.75 Å².